The summed E-state index contributed by atoms with van der Waals surface area (Å²) in [6.07, 6.45) is 0.220. The van der Waals surface area contributed by atoms with Crippen LogP contribution >= 0.6 is 43.2 Å². The van der Waals surface area contributed by atoms with Gasteiger partial charge >= 0.3 is 0 Å². The molecule has 4 heteroatoms. The summed E-state index contributed by atoms with van der Waals surface area (Å²) in [7, 11) is 0. The third kappa shape index (κ3) is 3.17. The number of halogens is 2. The summed E-state index contributed by atoms with van der Waals surface area (Å²) in [4.78, 5) is 0.992. The van der Waals surface area contributed by atoms with Crippen LogP contribution in [0.5, 0.6) is 0 Å². The van der Waals surface area contributed by atoms with E-state index in [1.165, 1.54) is 0 Å². The molecule has 0 saturated carbocycles. The molecule has 0 aliphatic carbocycles. The van der Waals surface area contributed by atoms with Crippen LogP contribution in [0.4, 0.5) is 0 Å². The Bertz CT molecular complexity index is 481. The summed E-state index contributed by atoms with van der Waals surface area (Å²) in [6, 6.07) is 9.99. The standard InChI is InChI=1S/C12H10Br2OS/c13-9-3-1-2-8(4-9)5-11(15)12-6-10(14)7-16-12/h1-4,6-7,11,15H,5H2. The van der Waals surface area contributed by atoms with Gasteiger partial charge in [0.15, 0.2) is 0 Å². The van der Waals surface area contributed by atoms with Gasteiger partial charge in [0.25, 0.3) is 0 Å². The summed E-state index contributed by atoms with van der Waals surface area (Å²) in [6.45, 7) is 0. The molecule has 0 radical (unpaired) electrons. The number of benzene rings is 1. The highest BCUT2D eigenvalue weighted by atomic mass is 79.9. The van der Waals surface area contributed by atoms with Crippen LogP contribution in [-0.4, -0.2) is 5.11 Å². The van der Waals surface area contributed by atoms with E-state index in [1.807, 2.05) is 35.7 Å². The van der Waals surface area contributed by atoms with Gasteiger partial charge in [-0.2, -0.15) is 0 Å². The molecule has 0 saturated heterocycles. The zero-order valence-electron chi connectivity index (χ0n) is 8.36. The second-order valence-corrected chi connectivity index (χ2v) is 6.29. The lowest BCUT2D eigenvalue weighted by Gasteiger charge is -2.08. The molecule has 0 aliphatic rings. The van der Waals surface area contributed by atoms with Crippen LogP contribution in [-0.2, 0) is 6.42 Å². The lowest BCUT2D eigenvalue weighted by atomic mass is 10.1. The van der Waals surface area contributed by atoms with Crippen LogP contribution in [0.3, 0.4) is 0 Å². The first-order valence-corrected chi connectivity index (χ1v) is 7.28. The molecule has 2 aromatic rings. The molecule has 84 valence electrons. The van der Waals surface area contributed by atoms with Crippen molar-refractivity contribution in [3.63, 3.8) is 0 Å². The zero-order chi connectivity index (χ0) is 11.5. The Hall–Kier alpha value is -0.160. The summed E-state index contributed by atoms with van der Waals surface area (Å²) in [5.41, 5.74) is 1.13. The predicted octanol–water partition coefficient (Wildman–Crippen LogP) is 4.55. The molecule has 1 aromatic carbocycles. The monoisotopic (exact) mass is 360 g/mol. The second kappa shape index (κ2) is 5.45. The van der Waals surface area contributed by atoms with Gasteiger partial charge in [-0.3, -0.25) is 0 Å². The maximum Gasteiger partial charge on any atom is 0.0922 e. The van der Waals surface area contributed by atoms with E-state index in [2.05, 4.69) is 31.9 Å². The third-order valence-electron chi connectivity index (χ3n) is 2.23. The van der Waals surface area contributed by atoms with Crippen LogP contribution in [0.25, 0.3) is 0 Å². The van der Waals surface area contributed by atoms with Crippen LogP contribution in [0.1, 0.15) is 16.5 Å². The van der Waals surface area contributed by atoms with Gasteiger partial charge in [-0.25, -0.2) is 0 Å². The Morgan fingerprint density at radius 2 is 2.00 bits per heavy atom. The van der Waals surface area contributed by atoms with Crippen molar-refractivity contribution in [3.05, 3.63) is 55.1 Å². The topological polar surface area (TPSA) is 20.2 Å². The molecule has 1 aromatic heterocycles. The minimum absolute atomic E-state index is 0.425. The number of thiophene rings is 1. The van der Waals surface area contributed by atoms with E-state index in [-0.39, 0.29) is 0 Å². The van der Waals surface area contributed by atoms with Gasteiger partial charge in [0.05, 0.1) is 6.10 Å². The molecule has 1 heterocycles. The Kier molecular flexibility index (Phi) is 4.19. The Balaban J connectivity index is 2.10. The average molecular weight is 362 g/mol. The number of aliphatic hydroxyl groups is 1. The van der Waals surface area contributed by atoms with Crippen LogP contribution < -0.4 is 0 Å². The number of hydrogen-bond acceptors (Lipinski definition) is 2. The molecular formula is C12H10Br2OS. The summed E-state index contributed by atoms with van der Waals surface area (Å²) in [5, 5.41) is 12.0. The number of hydrogen-bond donors (Lipinski definition) is 1. The smallest absolute Gasteiger partial charge is 0.0922 e. The van der Waals surface area contributed by atoms with Gasteiger partial charge in [0.2, 0.25) is 0 Å². The molecule has 1 N–H and O–H groups in total. The van der Waals surface area contributed by atoms with Crippen LogP contribution in [0.2, 0.25) is 0 Å². The van der Waals surface area contributed by atoms with E-state index in [9.17, 15) is 5.11 Å². The quantitative estimate of drug-likeness (QED) is 0.850. The summed E-state index contributed by atoms with van der Waals surface area (Å²) < 4.78 is 2.07. The fraction of sp³-hybridized carbons (Fsp3) is 0.167. The maximum atomic E-state index is 10.1. The van der Waals surface area contributed by atoms with Crippen LogP contribution in [0, 0.1) is 0 Å². The minimum Gasteiger partial charge on any atom is -0.387 e. The van der Waals surface area contributed by atoms with E-state index < -0.39 is 6.10 Å². The van der Waals surface area contributed by atoms with Crippen molar-refractivity contribution < 1.29 is 5.11 Å². The van der Waals surface area contributed by atoms with E-state index in [4.69, 9.17) is 0 Å². The predicted molar refractivity (Wildman–Crippen MR) is 74.8 cm³/mol. The van der Waals surface area contributed by atoms with Crippen LogP contribution in [0.15, 0.2) is 44.7 Å². The zero-order valence-corrected chi connectivity index (χ0v) is 12.3. The van der Waals surface area contributed by atoms with Crippen molar-refractivity contribution >= 4 is 43.2 Å². The van der Waals surface area contributed by atoms with E-state index >= 15 is 0 Å². The third-order valence-corrected chi connectivity index (χ3v) is 4.52. The highest BCUT2D eigenvalue weighted by Crippen LogP contribution is 2.28. The first kappa shape index (κ1) is 12.3. The minimum atomic E-state index is -0.425. The van der Waals surface area contributed by atoms with Crippen molar-refractivity contribution in [1.82, 2.24) is 0 Å². The fourth-order valence-electron chi connectivity index (χ4n) is 1.49. The number of rotatable bonds is 3. The summed E-state index contributed by atoms with van der Waals surface area (Å²) >= 11 is 8.39. The van der Waals surface area contributed by atoms with Crippen molar-refractivity contribution in [2.75, 3.05) is 0 Å². The molecule has 1 nitrogen and oxygen atoms in total. The second-order valence-electron chi connectivity index (χ2n) is 3.52. The van der Waals surface area contributed by atoms with Crippen molar-refractivity contribution in [3.8, 4) is 0 Å². The molecule has 16 heavy (non-hydrogen) atoms. The average Bonchev–Trinajstić information content (AvgIpc) is 2.65. The molecule has 0 amide bonds. The highest BCUT2D eigenvalue weighted by Gasteiger charge is 2.10. The Morgan fingerprint density at radius 1 is 1.19 bits per heavy atom. The Morgan fingerprint density at radius 3 is 2.62 bits per heavy atom. The van der Waals surface area contributed by atoms with Gasteiger partial charge in [0, 0.05) is 25.6 Å². The lowest BCUT2D eigenvalue weighted by Crippen LogP contribution is -1.99. The van der Waals surface area contributed by atoms with Gasteiger partial charge in [-0.05, 0) is 39.7 Å². The van der Waals surface area contributed by atoms with E-state index in [0.29, 0.717) is 6.42 Å². The molecule has 0 bridgehead atoms. The molecule has 1 unspecified atom stereocenters. The normalized spacial score (nSPS) is 12.7. The van der Waals surface area contributed by atoms with Crippen molar-refractivity contribution in [2.45, 2.75) is 12.5 Å². The first-order chi connectivity index (χ1) is 7.65. The molecule has 1 atom stereocenters. The first-order valence-electron chi connectivity index (χ1n) is 4.81. The van der Waals surface area contributed by atoms with E-state index in [1.54, 1.807) is 11.3 Å². The molecule has 2 rings (SSSR count). The molecule has 0 fully saturated rings. The van der Waals surface area contributed by atoms with Gasteiger partial charge < -0.3 is 5.11 Å². The van der Waals surface area contributed by atoms with Gasteiger partial charge in [-0.15, -0.1) is 11.3 Å². The van der Waals surface area contributed by atoms with Crippen molar-refractivity contribution in [1.29, 1.82) is 0 Å². The summed E-state index contributed by atoms with van der Waals surface area (Å²) in [5.74, 6) is 0. The fourth-order valence-corrected chi connectivity index (χ4v) is 3.37. The SMILES string of the molecule is OC(Cc1cccc(Br)c1)c1cc(Br)cs1. The molecular weight excluding hydrogens is 352 g/mol. The number of aliphatic hydroxyl groups excluding tert-OH is 1. The molecule has 0 aliphatic heterocycles. The van der Waals surface area contributed by atoms with E-state index in [0.717, 1.165) is 19.4 Å². The lowest BCUT2D eigenvalue weighted by molar-refractivity contribution is 0.182. The highest BCUT2D eigenvalue weighted by molar-refractivity contribution is 9.10. The Labute approximate surface area is 115 Å². The molecule has 0 spiro atoms. The van der Waals surface area contributed by atoms with Gasteiger partial charge in [-0.1, -0.05) is 28.1 Å². The largest absolute Gasteiger partial charge is 0.387 e. The van der Waals surface area contributed by atoms with Gasteiger partial charge in [0.1, 0.15) is 0 Å². The van der Waals surface area contributed by atoms with Crippen molar-refractivity contribution in [2.24, 2.45) is 0 Å². The maximum absolute atomic E-state index is 10.1.